The van der Waals surface area contributed by atoms with E-state index < -0.39 is 5.92 Å². The largest absolute Gasteiger partial charge is 0.248 e. The van der Waals surface area contributed by atoms with Crippen LogP contribution in [0.25, 0.3) is 0 Å². The van der Waals surface area contributed by atoms with E-state index in [1.54, 1.807) is 0 Å². The van der Waals surface area contributed by atoms with Gasteiger partial charge in [0, 0.05) is 18.8 Å². The van der Waals surface area contributed by atoms with Gasteiger partial charge in [-0.2, -0.15) is 0 Å². The molecule has 1 atom stereocenters. The SMILES string of the molecule is FC1(F)CCC(c2nnc(CCl)s2)C1. The molecule has 1 unspecified atom stereocenters. The van der Waals surface area contributed by atoms with Crippen molar-refractivity contribution < 1.29 is 8.78 Å². The van der Waals surface area contributed by atoms with Gasteiger partial charge < -0.3 is 0 Å². The maximum atomic E-state index is 12.9. The van der Waals surface area contributed by atoms with Crippen LogP contribution in [-0.4, -0.2) is 16.1 Å². The van der Waals surface area contributed by atoms with Crippen molar-refractivity contribution in [3.8, 4) is 0 Å². The van der Waals surface area contributed by atoms with Crippen molar-refractivity contribution in [3.63, 3.8) is 0 Å². The third-order valence-electron chi connectivity index (χ3n) is 2.35. The van der Waals surface area contributed by atoms with Gasteiger partial charge in [0.1, 0.15) is 10.0 Å². The van der Waals surface area contributed by atoms with Crippen molar-refractivity contribution >= 4 is 22.9 Å². The number of hydrogen-bond acceptors (Lipinski definition) is 3. The smallest absolute Gasteiger partial charge is 0.207 e. The van der Waals surface area contributed by atoms with E-state index in [-0.39, 0.29) is 18.8 Å². The normalized spacial score (nSPS) is 25.5. The highest BCUT2D eigenvalue weighted by atomic mass is 35.5. The molecule has 0 bridgehead atoms. The maximum absolute atomic E-state index is 12.9. The Kier molecular flexibility index (Phi) is 2.70. The molecule has 2 rings (SSSR count). The summed E-state index contributed by atoms with van der Waals surface area (Å²) in [6.45, 7) is 0. The first kappa shape index (κ1) is 10.2. The first-order valence-corrected chi connectivity index (χ1v) is 5.72. The van der Waals surface area contributed by atoms with Crippen LogP contribution in [0.2, 0.25) is 0 Å². The van der Waals surface area contributed by atoms with Crippen molar-refractivity contribution in [2.45, 2.75) is 37.0 Å². The second-order valence-electron chi connectivity index (χ2n) is 3.46. The van der Waals surface area contributed by atoms with E-state index in [1.165, 1.54) is 11.3 Å². The monoisotopic (exact) mass is 238 g/mol. The quantitative estimate of drug-likeness (QED) is 0.740. The predicted molar refractivity (Wildman–Crippen MR) is 51.0 cm³/mol. The van der Waals surface area contributed by atoms with Gasteiger partial charge in [-0.15, -0.1) is 21.8 Å². The first-order valence-electron chi connectivity index (χ1n) is 4.37. The summed E-state index contributed by atoms with van der Waals surface area (Å²) in [5, 5.41) is 9.12. The Morgan fingerprint density at radius 3 is 2.79 bits per heavy atom. The third-order valence-corrected chi connectivity index (χ3v) is 3.85. The second kappa shape index (κ2) is 3.70. The molecular formula is C8H9ClF2N2S. The number of aromatic nitrogens is 2. The summed E-state index contributed by atoms with van der Waals surface area (Å²) in [5.41, 5.74) is 0. The fourth-order valence-electron chi connectivity index (χ4n) is 1.65. The van der Waals surface area contributed by atoms with Crippen molar-refractivity contribution in [2.24, 2.45) is 0 Å². The highest BCUT2D eigenvalue weighted by Crippen LogP contribution is 2.44. The standard InChI is InChI=1S/C8H9ClF2N2S/c9-4-6-12-13-7(14-6)5-1-2-8(10,11)3-5/h5H,1-4H2. The van der Waals surface area contributed by atoms with Crippen molar-refractivity contribution in [1.29, 1.82) is 0 Å². The number of alkyl halides is 3. The summed E-state index contributed by atoms with van der Waals surface area (Å²) in [7, 11) is 0. The zero-order valence-corrected chi connectivity index (χ0v) is 8.91. The molecule has 14 heavy (non-hydrogen) atoms. The van der Waals surface area contributed by atoms with E-state index in [2.05, 4.69) is 10.2 Å². The highest BCUT2D eigenvalue weighted by molar-refractivity contribution is 7.11. The van der Waals surface area contributed by atoms with Crippen LogP contribution in [0.1, 0.15) is 35.2 Å². The molecule has 1 fully saturated rings. The predicted octanol–water partition coefficient (Wildman–Crippen LogP) is 3.18. The van der Waals surface area contributed by atoms with Crippen LogP contribution in [0.4, 0.5) is 8.78 Å². The zero-order chi connectivity index (χ0) is 10.2. The summed E-state index contributed by atoms with van der Waals surface area (Å²) < 4.78 is 25.8. The molecule has 1 heterocycles. The number of rotatable bonds is 2. The zero-order valence-electron chi connectivity index (χ0n) is 7.34. The van der Waals surface area contributed by atoms with Gasteiger partial charge in [0.05, 0.1) is 5.88 Å². The fourth-order valence-corrected chi connectivity index (χ4v) is 2.69. The van der Waals surface area contributed by atoms with E-state index in [1.807, 2.05) is 0 Å². The van der Waals surface area contributed by atoms with Gasteiger partial charge in [0.2, 0.25) is 5.92 Å². The van der Waals surface area contributed by atoms with Gasteiger partial charge in [0.25, 0.3) is 0 Å². The molecule has 1 aliphatic rings. The molecule has 0 amide bonds. The Bertz CT molecular complexity index is 329. The summed E-state index contributed by atoms with van der Waals surface area (Å²) in [5.74, 6) is -2.34. The van der Waals surface area contributed by atoms with Gasteiger partial charge in [-0.1, -0.05) is 11.3 Å². The molecule has 0 saturated heterocycles. The molecule has 78 valence electrons. The lowest BCUT2D eigenvalue weighted by atomic mass is 10.1. The molecule has 0 aromatic carbocycles. The van der Waals surface area contributed by atoms with Gasteiger partial charge in [0.15, 0.2) is 0 Å². The lowest BCUT2D eigenvalue weighted by molar-refractivity contribution is 0.00775. The second-order valence-corrected chi connectivity index (χ2v) is 4.82. The molecule has 0 aliphatic heterocycles. The summed E-state index contributed by atoms with van der Waals surface area (Å²) in [6.07, 6.45) is 0.376. The number of hydrogen-bond donors (Lipinski definition) is 0. The number of nitrogens with zero attached hydrogens (tertiary/aromatic N) is 2. The van der Waals surface area contributed by atoms with E-state index >= 15 is 0 Å². The molecular weight excluding hydrogens is 230 g/mol. The average Bonchev–Trinajstić information content (AvgIpc) is 2.70. The minimum absolute atomic E-state index is 0.0343. The lowest BCUT2D eigenvalue weighted by Gasteiger charge is -2.06. The molecule has 1 aromatic heterocycles. The molecule has 2 nitrogen and oxygen atoms in total. The van der Waals surface area contributed by atoms with Crippen LogP contribution < -0.4 is 0 Å². The molecule has 1 aliphatic carbocycles. The summed E-state index contributed by atoms with van der Waals surface area (Å²) in [4.78, 5) is 0. The van der Waals surface area contributed by atoms with Gasteiger partial charge in [-0.3, -0.25) is 0 Å². The Hall–Kier alpha value is -0.290. The minimum atomic E-state index is -2.52. The van der Waals surface area contributed by atoms with Crippen molar-refractivity contribution in [2.75, 3.05) is 0 Å². The molecule has 0 radical (unpaired) electrons. The van der Waals surface area contributed by atoms with Gasteiger partial charge in [-0.05, 0) is 6.42 Å². The summed E-state index contributed by atoms with van der Waals surface area (Å²) >= 11 is 6.91. The molecule has 1 aromatic rings. The van der Waals surface area contributed by atoms with E-state index in [9.17, 15) is 8.78 Å². The molecule has 0 spiro atoms. The van der Waals surface area contributed by atoms with Gasteiger partial charge >= 0.3 is 0 Å². The molecule has 0 N–H and O–H groups in total. The maximum Gasteiger partial charge on any atom is 0.248 e. The average molecular weight is 239 g/mol. The van der Waals surface area contributed by atoms with Crippen LogP contribution in [0, 0.1) is 0 Å². The number of halogens is 3. The van der Waals surface area contributed by atoms with Crippen LogP contribution in [-0.2, 0) is 5.88 Å². The van der Waals surface area contributed by atoms with E-state index in [0.717, 1.165) is 0 Å². The van der Waals surface area contributed by atoms with Crippen LogP contribution >= 0.6 is 22.9 Å². The Balaban J connectivity index is 2.09. The summed E-state index contributed by atoms with van der Waals surface area (Å²) in [6, 6.07) is 0. The van der Waals surface area contributed by atoms with Crippen molar-refractivity contribution in [3.05, 3.63) is 10.0 Å². The highest BCUT2D eigenvalue weighted by Gasteiger charge is 2.41. The van der Waals surface area contributed by atoms with Crippen molar-refractivity contribution in [1.82, 2.24) is 10.2 Å². The third kappa shape index (κ3) is 2.03. The van der Waals surface area contributed by atoms with Crippen LogP contribution in [0.15, 0.2) is 0 Å². The lowest BCUT2D eigenvalue weighted by Crippen LogP contribution is -2.08. The minimum Gasteiger partial charge on any atom is -0.207 e. The Labute approximate surface area is 89.3 Å². The topological polar surface area (TPSA) is 25.8 Å². The Morgan fingerprint density at radius 1 is 1.50 bits per heavy atom. The fraction of sp³-hybridized carbons (Fsp3) is 0.750. The first-order chi connectivity index (χ1) is 6.61. The van der Waals surface area contributed by atoms with Crippen LogP contribution in [0.5, 0.6) is 0 Å². The van der Waals surface area contributed by atoms with E-state index in [4.69, 9.17) is 11.6 Å². The molecule has 6 heteroatoms. The Morgan fingerprint density at radius 2 is 2.29 bits per heavy atom. The van der Waals surface area contributed by atoms with Crippen LogP contribution in [0.3, 0.4) is 0 Å². The van der Waals surface area contributed by atoms with Gasteiger partial charge in [-0.25, -0.2) is 8.78 Å². The van der Waals surface area contributed by atoms with E-state index in [0.29, 0.717) is 22.3 Å². The molecule has 1 saturated carbocycles.